The van der Waals surface area contributed by atoms with Gasteiger partial charge in [0.05, 0.1) is 13.2 Å². The molecule has 0 spiro atoms. The highest BCUT2D eigenvalue weighted by Crippen LogP contribution is 2.43. The summed E-state index contributed by atoms with van der Waals surface area (Å²) in [6, 6.07) is 0. The monoisotopic (exact) mass is 266 g/mol. The second-order valence-electron chi connectivity index (χ2n) is 4.26. The summed E-state index contributed by atoms with van der Waals surface area (Å²) >= 11 is 0. The Morgan fingerprint density at radius 1 is 0.824 bits per heavy atom. The maximum atomic E-state index is 11.4. The highest BCUT2D eigenvalue weighted by molar-refractivity contribution is 7.47. The van der Waals surface area contributed by atoms with Crippen molar-refractivity contribution in [2.45, 2.75) is 65.2 Å². The third-order valence-corrected chi connectivity index (χ3v) is 3.52. The molecule has 0 aliphatic heterocycles. The van der Waals surface area contributed by atoms with Crippen molar-refractivity contribution in [1.29, 1.82) is 0 Å². The van der Waals surface area contributed by atoms with Crippen molar-refractivity contribution in [2.24, 2.45) is 0 Å². The van der Waals surface area contributed by atoms with E-state index in [4.69, 9.17) is 9.05 Å². The molecule has 5 heteroatoms. The summed E-state index contributed by atoms with van der Waals surface area (Å²) in [5.74, 6) is 0. The molecule has 0 atom stereocenters. The first-order valence-electron chi connectivity index (χ1n) is 6.74. The molecule has 104 valence electrons. The molecular formula is C12H27O4P. The largest absolute Gasteiger partial charge is 0.472 e. The van der Waals surface area contributed by atoms with Crippen LogP contribution in [-0.4, -0.2) is 18.1 Å². The lowest BCUT2D eigenvalue weighted by Gasteiger charge is -2.11. The maximum Gasteiger partial charge on any atom is 0.472 e. The van der Waals surface area contributed by atoms with E-state index in [1.54, 1.807) is 0 Å². The first-order valence-corrected chi connectivity index (χ1v) is 8.23. The van der Waals surface area contributed by atoms with Crippen LogP contribution in [-0.2, 0) is 13.6 Å². The minimum absolute atomic E-state index is 0.308. The summed E-state index contributed by atoms with van der Waals surface area (Å²) in [7, 11) is -3.79. The maximum absolute atomic E-state index is 11.4. The summed E-state index contributed by atoms with van der Waals surface area (Å²) in [5.41, 5.74) is 0. The van der Waals surface area contributed by atoms with Gasteiger partial charge in [0.15, 0.2) is 0 Å². The molecular weight excluding hydrogens is 239 g/mol. The van der Waals surface area contributed by atoms with E-state index in [1.165, 1.54) is 0 Å². The summed E-state index contributed by atoms with van der Waals surface area (Å²) < 4.78 is 21.1. The van der Waals surface area contributed by atoms with Gasteiger partial charge in [-0.1, -0.05) is 52.4 Å². The van der Waals surface area contributed by atoms with Gasteiger partial charge in [-0.15, -0.1) is 0 Å². The van der Waals surface area contributed by atoms with Gasteiger partial charge in [-0.3, -0.25) is 9.05 Å². The molecule has 0 aliphatic rings. The molecule has 4 nitrogen and oxygen atoms in total. The normalized spacial score (nSPS) is 11.9. The molecule has 0 aromatic heterocycles. The molecule has 0 aliphatic carbocycles. The zero-order valence-electron chi connectivity index (χ0n) is 11.2. The van der Waals surface area contributed by atoms with Gasteiger partial charge in [0, 0.05) is 0 Å². The molecule has 0 rings (SSSR count). The van der Waals surface area contributed by atoms with Crippen LogP contribution in [0.15, 0.2) is 0 Å². The third-order valence-electron chi connectivity index (χ3n) is 2.50. The Morgan fingerprint density at radius 3 is 1.59 bits per heavy atom. The Hall–Kier alpha value is 0.110. The fourth-order valence-electron chi connectivity index (χ4n) is 1.45. The van der Waals surface area contributed by atoms with E-state index in [0.29, 0.717) is 13.2 Å². The quantitative estimate of drug-likeness (QED) is 0.423. The number of hydrogen-bond acceptors (Lipinski definition) is 3. The Labute approximate surface area is 105 Å². The summed E-state index contributed by atoms with van der Waals surface area (Å²) in [6.07, 6.45) is 8.26. The first-order chi connectivity index (χ1) is 8.12. The van der Waals surface area contributed by atoms with Gasteiger partial charge in [-0.25, -0.2) is 4.57 Å². The van der Waals surface area contributed by atoms with Crippen molar-refractivity contribution >= 4 is 7.82 Å². The van der Waals surface area contributed by atoms with Gasteiger partial charge in [-0.2, -0.15) is 0 Å². The number of phosphoric ester groups is 1. The molecule has 0 bridgehead atoms. The highest BCUT2D eigenvalue weighted by Gasteiger charge is 2.19. The zero-order valence-corrected chi connectivity index (χ0v) is 12.1. The van der Waals surface area contributed by atoms with E-state index in [2.05, 4.69) is 13.8 Å². The fraction of sp³-hybridized carbons (Fsp3) is 1.00. The van der Waals surface area contributed by atoms with Crippen molar-refractivity contribution in [3.8, 4) is 0 Å². The topological polar surface area (TPSA) is 55.8 Å². The van der Waals surface area contributed by atoms with Crippen LogP contribution in [0.25, 0.3) is 0 Å². The lowest BCUT2D eigenvalue weighted by Crippen LogP contribution is -1.99. The Kier molecular flexibility index (Phi) is 11.3. The van der Waals surface area contributed by atoms with E-state index < -0.39 is 7.82 Å². The molecule has 0 heterocycles. The number of phosphoric acid groups is 1. The van der Waals surface area contributed by atoms with Crippen LogP contribution in [0.1, 0.15) is 65.2 Å². The lowest BCUT2D eigenvalue weighted by molar-refractivity contribution is 0.145. The van der Waals surface area contributed by atoms with E-state index in [0.717, 1.165) is 51.4 Å². The van der Waals surface area contributed by atoms with Gasteiger partial charge in [0.2, 0.25) is 0 Å². The van der Waals surface area contributed by atoms with Gasteiger partial charge in [0.25, 0.3) is 0 Å². The van der Waals surface area contributed by atoms with Crippen LogP contribution in [0.4, 0.5) is 0 Å². The molecule has 0 saturated heterocycles. The molecule has 0 aromatic rings. The Morgan fingerprint density at radius 2 is 1.24 bits per heavy atom. The molecule has 1 N–H and O–H groups in total. The molecule has 17 heavy (non-hydrogen) atoms. The molecule has 0 unspecified atom stereocenters. The number of rotatable bonds is 12. The highest BCUT2D eigenvalue weighted by atomic mass is 31.2. The van der Waals surface area contributed by atoms with Gasteiger partial charge >= 0.3 is 7.82 Å². The zero-order chi connectivity index (χ0) is 13.0. The van der Waals surface area contributed by atoms with Gasteiger partial charge < -0.3 is 4.89 Å². The van der Waals surface area contributed by atoms with Crippen LogP contribution in [0.2, 0.25) is 0 Å². The third kappa shape index (κ3) is 12.4. The Balaban J connectivity index is 3.42. The van der Waals surface area contributed by atoms with Crippen molar-refractivity contribution in [1.82, 2.24) is 0 Å². The molecule has 0 amide bonds. The molecule has 0 saturated carbocycles. The summed E-state index contributed by atoms with van der Waals surface area (Å²) in [5, 5.41) is 0. The second kappa shape index (κ2) is 11.2. The fourth-order valence-corrected chi connectivity index (χ4v) is 2.25. The lowest BCUT2D eigenvalue weighted by atomic mass is 10.2. The van der Waals surface area contributed by atoms with Crippen molar-refractivity contribution in [3.63, 3.8) is 0 Å². The van der Waals surface area contributed by atoms with Gasteiger partial charge in [-0.05, 0) is 12.8 Å². The minimum atomic E-state index is -3.79. The van der Waals surface area contributed by atoms with Crippen LogP contribution < -0.4 is 0 Å². The summed E-state index contributed by atoms with van der Waals surface area (Å²) in [6.45, 7) is 4.86. The smallest absolute Gasteiger partial charge is 0.302 e. The first kappa shape index (κ1) is 17.1. The Bertz CT molecular complexity index is 191. The minimum Gasteiger partial charge on any atom is -0.302 e. The van der Waals surface area contributed by atoms with Crippen LogP contribution in [0, 0.1) is 0 Å². The average molecular weight is 266 g/mol. The summed E-state index contributed by atoms with van der Waals surface area (Å²) in [4.78, 5) is 9.34. The van der Waals surface area contributed by atoms with E-state index in [1.807, 2.05) is 0 Å². The predicted molar refractivity (Wildman–Crippen MR) is 70.0 cm³/mol. The van der Waals surface area contributed by atoms with Crippen molar-refractivity contribution < 1.29 is 18.5 Å². The van der Waals surface area contributed by atoms with Crippen molar-refractivity contribution in [2.75, 3.05) is 13.2 Å². The van der Waals surface area contributed by atoms with Crippen molar-refractivity contribution in [3.05, 3.63) is 0 Å². The predicted octanol–water partition coefficient (Wildman–Crippen LogP) is 4.28. The number of hydrogen-bond donors (Lipinski definition) is 1. The molecule has 0 aromatic carbocycles. The number of unbranched alkanes of at least 4 members (excludes halogenated alkanes) is 6. The second-order valence-corrected chi connectivity index (χ2v) is 5.71. The van der Waals surface area contributed by atoms with Gasteiger partial charge in [0.1, 0.15) is 0 Å². The SMILES string of the molecule is CCCCCCOP(=O)(O)OCCCCCC. The molecule has 0 radical (unpaired) electrons. The average Bonchev–Trinajstić information content (AvgIpc) is 2.28. The molecule has 0 fully saturated rings. The van der Waals surface area contributed by atoms with E-state index in [9.17, 15) is 9.46 Å². The van der Waals surface area contributed by atoms with Crippen LogP contribution in [0.5, 0.6) is 0 Å². The standard InChI is InChI=1S/C12H27O4P/c1-3-5-7-9-11-15-17(13,14)16-12-10-8-6-4-2/h3-12H2,1-2H3,(H,13,14). The van der Waals surface area contributed by atoms with Crippen LogP contribution >= 0.6 is 7.82 Å². The van der Waals surface area contributed by atoms with E-state index in [-0.39, 0.29) is 0 Å². The van der Waals surface area contributed by atoms with Crippen LogP contribution in [0.3, 0.4) is 0 Å². The van der Waals surface area contributed by atoms with E-state index >= 15 is 0 Å².